The largest absolute Gasteiger partial charge is 0.352 e. The summed E-state index contributed by atoms with van der Waals surface area (Å²) < 4.78 is 26.5. The van der Waals surface area contributed by atoms with Gasteiger partial charge in [-0.1, -0.05) is 62.4 Å². The first-order chi connectivity index (χ1) is 15.6. The van der Waals surface area contributed by atoms with Gasteiger partial charge in [-0.05, 0) is 43.9 Å². The van der Waals surface area contributed by atoms with Crippen LogP contribution in [0.1, 0.15) is 45.2 Å². The first-order valence-corrected chi connectivity index (χ1v) is 13.1. The minimum absolute atomic E-state index is 0.0300. The number of carbonyl (C=O) groups excluding carboxylic acids is 2. The number of rotatable bonds is 11. The van der Waals surface area contributed by atoms with Crippen LogP contribution in [0.25, 0.3) is 0 Å². The zero-order chi connectivity index (χ0) is 24.6. The topological polar surface area (TPSA) is 86.8 Å². The van der Waals surface area contributed by atoms with E-state index in [2.05, 4.69) is 5.32 Å². The van der Waals surface area contributed by atoms with Crippen LogP contribution >= 0.6 is 0 Å². The number of nitrogens with zero attached hydrogens (tertiary/aromatic N) is 2. The number of carbonyl (C=O) groups is 2. The number of hydrogen-bond acceptors (Lipinski definition) is 4. The van der Waals surface area contributed by atoms with E-state index < -0.39 is 22.0 Å². The summed E-state index contributed by atoms with van der Waals surface area (Å²) in [5.41, 5.74) is 2.16. The number of benzene rings is 2. The van der Waals surface area contributed by atoms with Crippen LogP contribution in [0, 0.1) is 0 Å². The summed E-state index contributed by atoms with van der Waals surface area (Å²) in [6, 6.07) is 15.7. The van der Waals surface area contributed by atoms with E-state index in [0.717, 1.165) is 28.1 Å². The summed E-state index contributed by atoms with van der Waals surface area (Å²) in [6.07, 6.45) is 2.48. The Morgan fingerprint density at radius 2 is 1.58 bits per heavy atom. The Morgan fingerprint density at radius 1 is 0.970 bits per heavy atom. The van der Waals surface area contributed by atoms with Gasteiger partial charge in [-0.25, -0.2) is 8.42 Å². The number of sulfonamides is 1. The Hall–Kier alpha value is -2.87. The Morgan fingerprint density at radius 3 is 2.15 bits per heavy atom. The fraction of sp³-hybridized carbons (Fsp3) is 0.440. The SMILES string of the molecule is CCc1ccccc1N(CC(=O)N(Cc1ccccc1)C(C)C(=O)NC(C)CC)S(C)(=O)=O. The summed E-state index contributed by atoms with van der Waals surface area (Å²) in [4.78, 5) is 27.8. The summed E-state index contributed by atoms with van der Waals surface area (Å²) in [5, 5.41) is 2.92. The fourth-order valence-electron chi connectivity index (χ4n) is 3.48. The molecule has 0 radical (unpaired) electrons. The number of amides is 2. The molecule has 0 aliphatic heterocycles. The molecule has 1 N–H and O–H groups in total. The van der Waals surface area contributed by atoms with Gasteiger partial charge >= 0.3 is 0 Å². The highest BCUT2D eigenvalue weighted by atomic mass is 32.2. The molecule has 180 valence electrons. The molecule has 0 fully saturated rings. The lowest BCUT2D eigenvalue weighted by Crippen LogP contribution is -2.52. The molecule has 0 aliphatic carbocycles. The van der Waals surface area contributed by atoms with Crippen molar-refractivity contribution in [3.05, 3.63) is 65.7 Å². The van der Waals surface area contributed by atoms with E-state index in [-0.39, 0.29) is 25.0 Å². The van der Waals surface area contributed by atoms with E-state index in [1.165, 1.54) is 4.90 Å². The molecular weight excluding hydrogens is 438 g/mol. The minimum Gasteiger partial charge on any atom is -0.352 e. The van der Waals surface area contributed by atoms with Crippen LogP contribution in [-0.2, 0) is 32.6 Å². The third-order valence-corrected chi connectivity index (χ3v) is 6.81. The van der Waals surface area contributed by atoms with Crippen LogP contribution in [-0.4, -0.2) is 50.0 Å². The molecule has 0 saturated carbocycles. The van der Waals surface area contributed by atoms with Gasteiger partial charge in [-0.2, -0.15) is 0 Å². The average molecular weight is 474 g/mol. The summed E-state index contributed by atoms with van der Waals surface area (Å²) in [7, 11) is -3.74. The van der Waals surface area contributed by atoms with Gasteiger partial charge in [0.15, 0.2) is 0 Å². The van der Waals surface area contributed by atoms with Crippen LogP contribution in [0.4, 0.5) is 5.69 Å². The average Bonchev–Trinajstić information content (AvgIpc) is 2.80. The minimum atomic E-state index is -3.74. The van der Waals surface area contributed by atoms with E-state index in [1.54, 1.807) is 19.1 Å². The van der Waals surface area contributed by atoms with Gasteiger partial charge < -0.3 is 10.2 Å². The van der Waals surface area contributed by atoms with Gasteiger partial charge in [0.1, 0.15) is 12.6 Å². The maximum Gasteiger partial charge on any atom is 0.244 e. The highest BCUT2D eigenvalue weighted by Gasteiger charge is 2.30. The molecule has 0 saturated heterocycles. The molecule has 0 aliphatic rings. The van der Waals surface area contributed by atoms with Crippen LogP contribution in [0.15, 0.2) is 54.6 Å². The number of anilines is 1. The Balaban J connectivity index is 2.39. The van der Waals surface area contributed by atoms with Crippen molar-refractivity contribution in [1.29, 1.82) is 0 Å². The fourth-order valence-corrected chi connectivity index (χ4v) is 4.36. The summed E-state index contributed by atoms with van der Waals surface area (Å²) >= 11 is 0. The zero-order valence-electron chi connectivity index (χ0n) is 20.1. The second kappa shape index (κ2) is 11.8. The quantitative estimate of drug-likeness (QED) is 0.542. The van der Waals surface area contributed by atoms with Crippen molar-refractivity contribution in [1.82, 2.24) is 10.2 Å². The van der Waals surface area contributed by atoms with Crippen LogP contribution in [0.3, 0.4) is 0 Å². The van der Waals surface area contributed by atoms with E-state index in [4.69, 9.17) is 0 Å². The Kier molecular flexibility index (Phi) is 9.46. The number of aryl methyl sites for hydroxylation is 1. The molecule has 0 spiro atoms. The lowest BCUT2D eigenvalue weighted by atomic mass is 10.1. The van der Waals surface area contributed by atoms with Crippen molar-refractivity contribution < 1.29 is 18.0 Å². The molecule has 2 atom stereocenters. The smallest absolute Gasteiger partial charge is 0.244 e. The van der Waals surface area contributed by atoms with Gasteiger partial charge in [-0.3, -0.25) is 13.9 Å². The van der Waals surface area contributed by atoms with E-state index in [0.29, 0.717) is 12.1 Å². The predicted octanol–water partition coefficient (Wildman–Crippen LogP) is 3.35. The molecule has 0 heterocycles. The van der Waals surface area contributed by atoms with Gasteiger partial charge in [0.2, 0.25) is 21.8 Å². The molecule has 2 aromatic rings. The number of para-hydroxylation sites is 1. The summed E-state index contributed by atoms with van der Waals surface area (Å²) in [5.74, 6) is -0.713. The molecule has 7 nitrogen and oxygen atoms in total. The summed E-state index contributed by atoms with van der Waals surface area (Å²) in [6.45, 7) is 7.29. The maximum atomic E-state index is 13.5. The van der Waals surface area contributed by atoms with Crippen molar-refractivity contribution in [3.8, 4) is 0 Å². The Labute approximate surface area is 197 Å². The second-order valence-electron chi connectivity index (χ2n) is 8.25. The standard InChI is InChI=1S/C25H35N3O4S/c1-6-19(3)26-25(30)20(4)27(17-21-13-9-8-10-14-21)24(29)18-28(33(5,31)32)23-16-12-11-15-22(23)7-2/h8-16,19-20H,6-7,17-18H2,1-5H3,(H,26,30). The lowest BCUT2D eigenvalue weighted by Gasteiger charge is -2.32. The molecule has 2 amide bonds. The first-order valence-electron chi connectivity index (χ1n) is 11.3. The van der Waals surface area contributed by atoms with E-state index >= 15 is 0 Å². The third kappa shape index (κ3) is 7.32. The molecule has 2 aromatic carbocycles. The number of hydrogen-bond donors (Lipinski definition) is 1. The van der Waals surface area contributed by atoms with Crippen molar-refractivity contribution in [2.24, 2.45) is 0 Å². The predicted molar refractivity (Wildman–Crippen MR) is 132 cm³/mol. The Bertz CT molecular complexity index is 1040. The van der Waals surface area contributed by atoms with Gasteiger partial charge in [-0.15, -0.1) is 0 Å². The van der Waals surface area contributed by atoms with Crippen molar-refractivity contribution in [2.75, 3.05) is 17.1 Å². The van der Waals surface area contributed by atoms with Crippen molar-refractivity contribution in [2.45, 2.75) is 59.2 Å². The first kappa shape index (κ1) is 26.4. The molecule has 8 heteroatoms. The molecule has 0 bridgehead atoms. The maximum absolute atomic E-state index is 13.5. The second-order valence-corrected chi connectivity index (χ2v) is 10.2. The van der Waals surface area contributed by atoms with Crippen LogP contribution < -0.4 is 9.62 Å². The van der Waals surface area contributed by atoms with Gasteiger partial charge in [0, 0.05) is 12.6 Å². The highest BCUT2D eigenvalue weighted by molar-refractivity contribution is 7.92. The molecule has 33 heavy (non-hydrogen) atoms. The van der Waals surface area contributed by atoms with Crippen LogP contribution in [0.2, 0.25) is 0 Å². The van der Waals surface area contributed by atoms with Crippen molar-refractivity contribution in [3.63, 3.8) is 0 Å². The highest BCUT2D eigenvalue weighted by Crippen LogP contribution is 2.24. The molecular formula is C25H35N3O4S. The van der Waals surface area contributed by atoms with Crippen molar-refractivity contribution >= 4 is 27.5 Å². The molecule has 2 rings (SSSR count). The van der Waals surface area contributed by atoms with Gasteiger partial charge in [0.05, 0.1) is 11.9 Å². The normalized spacial score (nSPS) is 13.1. The lowest BCUT2D eigenvalue weighted by molar-refractivity contribution is -0.139. The third-order valence-electron chi connectivity index (χ3n) is 5.68. The van der Waals surface area contributed by atoms with E-state index in [9.17, 15) is 18.0 Å². The molecule has 2 unspecified atom stereocenters. The van der Waals surface area contributed by atoms with E-state index in [1.807, 2.05) is 63.2 Å². The monoisotopic (exact) mass is 473 g/mol. The zero-order valence-corrected chi connectivity index (χ0v) is 20.9. The number of nitrogens with one attached hydrogen (secondary N) is 1. The molecule has 0 aromatic heterocycles. The van der Waals surface area contributed by atoms with Crippen LogP contribution in [0.5, 0.6) is 0 Å². The van der Waals surface area contributed by atoms with Gasteiger partial charge in [0.25, 0.3) is 0 Å².